The largest absolute Gasteiger partial charge is 0.395 e. The molecule has 0 aliphatic carbocycles. The fourth-order valence-electron chi connectivity index (χ4n) is 1.81. The van der Waals surface area contributed by atoms with Gasteiger partial charge in [-0.2, -0.15) is 0 Å². The highest BCUT2D eigenvalue weighted by Crippen LogP contribution is 2.08. The van der Waals surface area contributed by atoms with Gasteiger partial charge in [-0.25, -0.2) is 0 Å². The second-order valence-electron chi connectivity index (χ2n) is 3.94. The van der Waals surface area contributed by atoms with Crippen molar-refractivity contribution in [2.75, 3.05) is 32.9 Å². The summed E-state index contributed by atoms with van der Waals surface area (Å²) in [6.07, 6.45) is 2.18. The highest BCUT2D eigenvalue weighted by atomic mass is 16.5. The summed E-state index contributed by atoms with van der Waals surface area (Å²) in [6.45, 7) is 5.14. The number of hydrogen-bond acceptors (Lipinski definition) is 4. The lowest BCUT2D eigenvalue weighted by atomic mass is 10.1. The van der Waals surface area contributed by atoms with Crippen LogP contribution in [0.2, 0.25) is 0 Å². The first-order valence-electron chi connectivity index (χ1n) is 5.72. The number of carbonyl (C=O) groups excluding carboxylic acids is 1. The Kier molecular flexibility index (Phi) is 5.83. The van der Waals surface area contributed by atoms with Crippen LogP contribution in [0.1, 0.15) is 26.2 Å². The molecule has 0 radical (unpaired) electrons. The van der Waals surface area contributed by atoms with E-state index in [1.165, 1.54) is 0 Å². The highest BCUT2D eigenvalue weighted by Gasteiger charge is 2.21. The molecule has 1 aliphatic heterocycles. The number of carbonyl (C=O) groups is 1. The van der Waals surface area contributed by atoms with E-state index in [2.05, 4.69) is 4.90 Å². The smallest absolute Gasteiger partial charge is 0.132 e. The second kappa shape index (κ2) is 6.93. The molecule has 88 valence electrons. The molecule has 1 unspecified atom stereocenters. The molecule has 0 aromatic rings. The lowest BCUT2D eigenvalue weighted by molar-refractivity contribution is -0.119. The maximum Gasteiger partial charge on any atom is 0.132 e. The Morgan fingerprint density at radius 2 is 2.40 bits per heavy atom. The molecular formula is C11H21NO3. The summed E-state index contributed by atoms with van der Waals surface area (Å²) in [4.78, 5) is 13.3. The number of nitrogens with zero attached hydrogens (tertiary/aromatic N) is 1. The minimum atomic E-state index is 0.121. The van der Waals surface area contributed by atoms with E-state index in [4.69, 9.17) is 9.84 Å². The zero-order valence-electron chi connectivity index (χ0n) is 9.45. The molecule has 1 heterocycles. The molecule has 0 amide bonds. The van der Waals surface area contributed by atoms with Gasteiger partial charge in [0.25, 0.3) is 0 Å². The average molecular weight is 215 g/mol. The van der Waals surface area contributed by atoms with E-state index in [9.17, 15) is 4.79 Å². The molecule has 1 saturated heterocycles. The Morgan fingerprint density at radius 1 is 1.60 bits per heavy atom. The molecular weight excluding hydrogens is 194 g/mol. The molecule has 1 atom stereocenters. The van der Waals surface area contributed by atoms with Gasteiger partial charge in [-0.15, -0.1) is 0 Å². The van der Waals surface area contributed by atoms with E-state index in [0.29, 0.717) is 25.2 Å². The quantitative estimate of drug-likeness (QED) is 0.698. The lowest BCUT2D eigenvalue weighted by Crippen LogP contribution is -2.47. The van der Waals surface area contributed by atoms with Gasteiger partial charge in [0.15, 0.2) is 0 Å². The predicted molar refractivity (Wildman–Crippen MR) is 57.8 cm³/mol. The van der Waals surface area contributed by atoms with Gasteiger partial charge in [-0.3, -0.25) is 9.69 Å². The maximum absolute atomic E-state index is 11.1. The van der Waals surface area contributed by atoms with Crippen LogP contribution >= 0.6 is 0 Å². The van der Waals surface area contributed by atoms with Crippen LogP contribution in [0.4, 0.5) is 0 Å². The fraction of sp³-hybridized carbons (Fsp3) is 0.909. The normalized spacial score (nSPS) is 22.9. The monoisotopic (exact) mass is 215 g/mol. The second-order valence-corrected chi connectivity index (χ2v) is 3.94. The summed E-state index contributed by atoms with van der Waals surface area (Å²) in [5, 5.41) is 9.13. The Morgan fingerprint density at radius 3 is 3.07 bits per heavy atom. The van der Waals surface area contributed by atoms with Gasteiger partial charge < -0.3 is 9.84 Å². The molecule has 0 saturated carbocycles. The molecule has 0 bridgehead atoms. The number of ketones is 1. The molecule has 1 fully saturated rings. The number of rotatable bonds is 6. The number of Topliss-reactive ketones (excluding diaryl/α,β-unsaturated/α-hetero) is 1. The van der Waals surface area contributed by atoms with Crippen molar-refractivity contribution in [1.29, 1.82) is 0 Å². The van der Waals surface area contributed by atoms with Crippen molar-refractivity contribution in [3.8, 4) is 0 Å². The summed E-state index contributed by atoms with van der Waals surface area (Å²) < 4.78 is 5.28. The van der Waals surface area contributed by atoms with Crippen molar-refractivity contribution in [3.63, 3.8) is 0 Å². The molecule has 0 spiro atoms. The molecule has 0 aromatic heterocycles. The summed E-state index contributed by atoms with van der Waals surface area (Å²) in [6, 6.07) is 0.121. The van der Waals surface area contributed by atoms with E-state index in [-0.39, 0.29) is 12.6 Å². The van der Waals surface area contributed by atoms with Crippen LogP contribution in [0.25, 0.3) is 0 Å². The number of hydrogen-bond donors (Lipinski definition) is 1. The Hall–Kier alpha value is -0.450. The van der Waals surface area contributed by atoms with Crippen molar-refractivity contribution in [3.05, 3.63) is 0 Å². The third kappa shape index (κ3) is 4.28. The SMILES string of the molecule is CCC(=O)CCCN1CCOCC1CO. The first-order chi connectivity index (χ1) is 7.27. The summed E-state index contributed by atoms with van der Waals surface area (Å²) in [7, 11) is 0. The van der Waals surface area contributed by atoms with Crippen LogP contribution < -0.4 is 0 Å². The first-order valence-corrected chi connectivity index (χ1v) is 5.72. The van der Waals surface area contributed by atoms with Gasteiger partial charge in [-0.05, 0) is 13.0 Å². The van der Waals surface area contributed by atoms with Gasteiger partial charge in [-0.1, -0.05) is 6.92 Å². The minimum Gasteiger partial charge on any atom is -0.395 e. The maximum atomic E-state index is 11.1. The Labute approximate surface area is 91.2 Å². The number of aliphatic hydroxyl groups excluding tert-OH is 1. The van der Waals surface area contributed by atoms with E-state index in [1.807, 2.05) is 6.92 Å². The van der Waals surface area contributed by atoms with E-state index < -0.39 is 0 Å². The van der Waals surface area contributed by atoms with Crippen LogP contribution in [0, 0.1) is 0 Å². The molecule has 1 aliphatic rings. The van der Waals surface area contributed by atoms with Crippen LogP contribution in [0.5, 0.6) is 0 Å². The summed E-state index contributed by atoms with van der Waals surface area (Å²) >= 11 is 0. The zero-order chi connectivity index (χ0) is 11.1. The van der Waals surface area contributed by atoms with Gasteiger partial charge in [0, 0.05) is 19.4 Å². The first kappa shape index (κ1) is 12.6. The topological polar surface area (TPSA) is 49.8 Å². The number of ether oxygens (including phenoxy) is 1. The predicted octanol–water partition coefficient (Wildman–Crippen LogP) is 0.439. The molecule has 1 N–H and O–H groups in total. The van der Waals surface area contributed by atoms with Gasteiger partial charge in [0.2, 0.25) is 0 Å². The third-order valence-corrected chi connectivity index (χ3v) is 2.86. The van der Waals surface area contributed by atoms with Gasteiger partial charge in [0.05, 0.1) is 25.9 Å². The summed E-state index contributed by atoms with van der Waals surface area (Å²) in [5.41, 5.74) is 0. The summed E-state index contributed by atoms with van der Waals surface area (Å²) in [5.74, 6) is 0.323. The van der Waals surface area contributed by atoms with Crippen molar-refractivity contribution in [1.82, 2.24) is 4.90 Å². The lowest BCUT2D eigenvalue weighted by Gasteiger charge is -2.34. The fourth-order valence-corrected chi connectivity index (χ4v) is 1.81. The van der Waals surface area contributed by atoms with Crippen molar-refractivity contribution >= 4 is 5.78 Å². The van der Waals surface area contributed by atoms with Gasteiger partial charge >= 0.3 is 0 Å². The van der Waals surface area contributed by atoms with Crippen molar-refractivity contribution in [2.45, 2.75) is 32.2 Å². The van der Waals surface area contributed by atoms with E-state index in [0.717, 1.165) is 26.1 Å². The zero-order valence-corrected chi connectivity index (χ0v) is 9.45. The van der Waals surface area contributed by atoms with Crippen LogP contribution in [-0.4, -0.2) is 54.7 Å². The van der Waals surface area contributed by atoms with Crippen molar-refractivity contribution in [2.24, 2.45) is 0 Å². The minimum absolute atomic E-state index is 0.121. The number of aliphatic hydroxyl groups is 1. The van der Waals surface area contributed by atoms with Gasteiger partial charge in [0.1, 0.15) is 5.78 Å². The van der Waals surface area contributed by atoms with Crippen molar-refractivity contribution < 1.29 is 14.6 Å². The highest BCUT2D eigenvalue weighted by molar-refractivity contribution is 5.77. The molecule has 1 rings (SSSR count). The Balaban J connectivity index is 2.20. The van der Waals surface area contributed by atoms with Crippen LogP contribution in [-0.2, 0) is 9.53 Å². The third-order valence-electron chi connectivity index (χ3n) is 2.86. The Bertz CT molecular complexity index is 196. The average Bonchev–Trinajstić information content (AvgIpc) is 2.29. The van der Waals surface area contributed by atoms with E-state index >= 15 is 0 Å². The number of morpholine rings is 1. The van der Waals surface area contributed by atoms with Crippen LogP contribution in [0.3, 0.4) is 0 Å². The van der Waals surface area contributed by atoms with Crippen LogP contribution in [0.15, 0.2) is 0 Å². The molecule has 4 heteroatoms. The molecule has 15 heavy (non-hydrogen) atoms. The van der Waals surface area contributed by atoms with E-state index in [1.54, 1.807) is 0 Å². The molecule has 4 nitrogen and oxygen atoms in total. The standard InChI is InChI=1S/C11H21NO3/c1-2-11(14)4-3-5-12-6-7-15-9-10(12)8-13/h10,13H,2-9H2,1H3. The molecule has 0 aromatic carbocycles.